The van der Waals surface area contributed by atoms with Crippen LogP contribution in [0.5, 0.6) is 0 Å². The van der Waals surface area contributed by atoms with Gasteiger partial charge in [-0.1, -0.05) is 0 Å². The highest BCUT2D eigenvalue weighted by atomic mass is 28.2. The largest absolute Gasteiger partial charge is 0.556 e. The van der Waals surface area contributed by atoms with Crippen LogP contribution in [0.1, 0.15) is 25.7 Å². The molecular weight excluding hydrogens is 116 g/mol. The van der Waals surface area contributed by atoms with Crippen molar-refractivity contribution in [1.82, 2.24) is 0 Å². The van der Waals surface area contributed by atoms with Crippen LogP contribution < -0.4 is 0 Å². The predicted octanol–water partition coefficient (Wildman–Crippen LogP) is 0.741. The maximum absolute atomic E-state index is 5.19. The summed E-state index contributed by atoms with van der Waals surface area (Å²) in [7, 11) is 0.862. The van der Waals surface area contributed by atoms with E-state index in [1.807, 2.05) is 0 Å². The van der Waals surface area contributed by atoms with Gasteiger partial charge in [-0.25, -0.2) is 0 Å². The van der Waals surface area contributed by atoms with Crippen molar-refractivity contribution < 1.29 is 4.43 Å². The summed E-state index contributed by atoms with van der Waals surface area (Å²) in [4.78, 5) is 0. The summed E-state index contributed by atoms with van der Waals surface area (Å²) in [5.41, 5.74) is 0. The fourth-order valence-corrected chi connectivity index (χ4v) is 1.36. The molecule has 1 rings (SSSR count). The summed E-state index contributed by atoms with van der Waals surface area (Å²) in [5, 5.41) is 0. The van der Waals surface area contributed by atoms with Gasteiger partial charge in [-0.05, 0) is 25.3 Å². The molecule has 1 nitrogen and oxygen atoms in total. The molecule has 2 heteroatoms. The van der Waals surface area contributed by atoms with Crippen LogP contribution in [0.25, 0.3) is 0 Å². The Morgan fingerprint density at radius 2 is 2.38 bits per heavy atom. The molecular formula is C6H12OSi. The van der Waals surface area contributed by atoms with Gasteiger partial charge in [0, 0.05) is 6.42 Å². The summed E-state index contributed by atoms with van der Waals surface area (Å²) < 4.78 is 5.19. The molecule has 8 heavy (non-hydrogen) atoms. The van der Waals surface area contributed by atoms with Crippen molar-refractivity contribution in [3.63, 3.8) is 0 Å². The van der Waals surface area contributed by atoms with E-state index in [9.17, 15) is 0 Å². The molecule has 0 saturated carbocycles. The van der Waals surface area contributed by atoms with Gasteiger partial charge >= 0.3 is 0 Å². The first-order valence-corrected chi connectivity index (χ1v) is 3.98. The van der Waals surface area contributed by atoms with Crippen molar-refractivity contribution in [3.05, 3.63) is 11.8 Å². The molecule has 0 unspecified atom stereocenters. The average molecular weight is 128 g/mol. The molecule has 0 heterocycles. The molecule has 0 N–H and O–H groups in total. The third-order valence-corrected chi connectivity index (χ3v) is 2.04. The summed E-state index contributed by atoms with van der Waals surface area (Å²) in [6, 6.07) is 0. The van der Waals surface area contributed by atoms with Crippen LogP contribution in [0.3, 0.4) is 0 Å². The lowest BCUT2D eigenvalue weighted by molar-refractivity contribution is 0.417. The molecule has 0 amide bonds. The Labute approximate surface area is 53.3 Å². The van der Waals surface area contributed by atoms with Gasteiger partial charge < -0.3 is 4.43 Å². The molecule has 0 aromatic heterocycles. The van der Waals surface area contributed by atoms with Crippen LogP contribution in [0.4, 0.5) is 0 Å². The SMILES string of the molecule is [SiH3]OC1=CCCCC1. The van der Waals surface area contributed by atoms with Crippen molar-refractivity contribution in [2.24, 2.45) is 0 Å². The van der Waals surface area contributed by atoms with E-state index in [0.717, 1.165) is 10.5 Å². The molecule has 0 atom stereocenters. The Balaban J connectivity index is 2.37. The zero-order valence-corrected chi connectivity index (χ0v) is 7.31. The predicted molar refractivity (Wildman–Crippen MR) is 37.6 cm³/mol. The Hall–Kier alpha value is -0.243. The Bertz CT molecular complexity index is 98.7. The second-order valence-electron chi connectivity index (χ2n) is 2.12. The number of hydrogen-bond donors (Lipinski definition) is 0. The molecule has 0 saturated heterocycles. The Morgan fingerprint density at radius 1 is 1.50 bits per heavy atom. The van der Waals surface area contributed by atoms with E-state index in [4.69, 9.17) is 4.43 Å². The third-order valence-electron chi connectivity index (χ3n) is 1.51. The molecule has 0 radical (unpaired) electrons. The van der Waals surface area contributed by atoms with Gasteiger partial charge in [0.05, 0.1) is 5.76 Å². The highest BCUT2D eigenvalue weighted by Crippen LogP contribution is 2.16. The fraction of sp³-hybridized carbons (Fsp3) is 0.667. The summed E-state index contributed by atoms with van der Waals surface area (Å²) in [6.45, 7) is 0. The van der Waals surface area contributed by atoms with Crippen LogP contribution in [0.15, 0.2) is 11.8 Å². The van der Waals surface area contributed by atoms with E-state index in [2.05, 4.69) is 6.08 Å². The number of allylic oxidation sites excluding steroid dienone is 2. The van der Waals surface area contributed by atoms with Gasteiger partial charge in [0.15, 0.2) is 0 Å². The lowest BCUT2D eigenvalue weighted by Crippen LogP contribution is -1.93. The average Bonchev–Trinajstić information content (AvgIpc) is 1.90. The smallest absolute Gasteiger partial charge is 0.203 e. The van der Waals surface area contributed by atoms with E-state index in [-0.39, 0.29) is 0 Å². The van der Waals surface area contributed by atoms with Crippen LogP contribution in [0, 0.1) is 0 Å². The van der Waals surface area contributed by atoms with Crippen LogP contribution >= 0.6 is 0 Å². The van der Waals surface area contributed by atoms with Gasteiger partial charge in [0.2, 0.25) is 10.5 Å². The van der Waals surface area contributed by atoms with Gasteiger partial charge in [-0.15, -0.1) is 0 Å². The third kappa shape index (κ3) is 1.37. The summed E-state index contributed by atoms with van der Waals surface area (Å²) >= 11 is 0. The number of hydrogen-bond acceptors (Lipinski definition) is 1. The van der Waals surface area contributed by atoms with Crippen molar-refractivity contribution in [2.45, 2.75) is 25.7 Å². The first-order valence-electron chi connectivity index (χ1n) is 3.16. The van der Waals surface area contributed by atoms with Gasteiger partial charge in [0.1, 0.15) is 0 Å². The molecule has 0 aromatic carbocycles. The van der Waals surface area contributed by atoms with Crippen molar-refractivity contribution in [2.75, 3.05) is 0 Å². The first-order chi connectivity index (χ1) is 3.93. The summed E-state index contributed by atoms with van der Waals surface area (Å²) in [6.07, 6.45) is 7.32. The molecule has 0 bridgehead atoms. The van der Waals surface area contributed by atoms with E-state index >= 15 is 0 Å². The monoisotopic (exact) mass is 128 g/mol. The van der Waals surface area contributed by atoms with Crippen LogP contribution in [-0.2, 0) is 4.43 Å². The molecule has 0 aromatic rings. The van der Waals surface area contributed by atoms with E-state index < -0.39 is 0 Å². The highest BCUT2D eigenvalue weighted by Gasteiger charge is 1.99. The lowest BCUT2D eigenvalue weighted by atomic mass is 10.1. The highest BCUT2D eigenvalue weighted by molar-refractivity contribution is 5.98. The van der Waals surface area contributed by atoms with E-state index in [1.165, 1.54) is 31.4 Å². The quantitative estimate of drug-likeness (QED) is 0.473. The minimum atomic E-state index is 0.862. The standard InChI is InChI=1S/C6H12OSi/c8-7-6-4-2-1-3-5-6/h4H,1-3,5H2,8H3. The van der Waals surface area contributed by atoms with Crippen LogP contribution in [-0.4, -0.2) is 10.5 Å². The first kappa shape index (κ1) is 5.89. The molecule has 0 fully saturated rings. The zero-order valence-electron chi connectivity index (χ0n) is 5.31. The molecule has 1 aliphatic rings. The van der Waals surface area contributed by atoms with Gasteiger partial charge in [0.25, 0.3) is 0 Å². The molecule has 46 valence electrons. The lowest BCUT2D eigenvalue weighted by Gasteiger charge is -2.10. The van der Waals surface area contributed by atoms with E-state index in [0.29, 0.717) is 0 Å². The Kier molecular flexibility index (Phi) is 2.15. The number of rotatable bonds is 1. The normalized spacial score (nSPS) is 20.2. The maximum Gasteiger partial charge on any atom is 0.203 e. The van der Waals surface area contributed by atoms with Crippen LogP contribution in [0.2, 0.25) is 0 Å². The Morgan fingerprint density at radius 3 is 2.75 bits per heavy atom. The molecule has 0 spiro atoms. The van der Waals surface area contributed by atoms with Gasteiger partial charge in [-0.3, -0.25) is 0 Å². The second kappa shape index (κ2) is 2.92. The van der Waals surface area contributed by atoms with E-state index in [1.54, 1.807) is 0 Å². The zero-order chi connectivity index (χ0) is 5.82. The molecule has 1 aliphatic carbocycles. The molecule has 0 aliphatic heterocycles. The van der Waals surface area contributed by atoms with Crippen molar-refractivity contribution in [3.8, 4) is 0 Å². The van der Waals surface area contributed by atoms with Gasteiger partial charge in [-0.2, -0.15) is 0 Å². The second-order valence-corrected chi connectivity index (χ2v) is 2.53. The van der Waals surface area contributed by atoms with Crippen molar-refractivity contribution >= 4 is 10.5 Å². The van der Waals surface area contributed by atoms with Crippen molar-refractivity contribution in [1.29, 1.82) is 0 Å². The minimum absolute atomic E-state index is 0.862. The topological polar surface area (TPSA) is 9.23 Å². The minimum Gasteiger partial charge on any atom is -0.556 e. The maximum atomic E-state index is 5.19. The fourth-order valence-electron chi connectivity index (χ4n) is 0.994. The summed E-state index contributed by atoms with van der Waals surface area (Å²) in [5.74, 6) is 1.24.